The molecule has 1 aromatic carbocycles. The predicted octanol–water partition coefficient (Wildman–Crippen LogP) is 4.63. The maximum atomic E-state index is 4.69. The van der Waals surface area contributed by atoms with Crippen LogP contribution < -0.4 is 5.32 Å². The molecule has 1 aromatic heterocycles. The zero-order chi connectivity index (χ0) is 14.8. The molecule has 2 heteroatoms. The maximum Gasteiger partial charge on any atom is 0.0708 e. The molecule has 21 heavy (non-hydrogen) atoms. The summed E-state index contributed by atoms with van der Waals surface area (Å²) in [5.74, 6) is 1.60. The van der Waals surface area contributed by atoms with Crippen molar-refractivity contribution < 1.29 is 0 Å². The quantitative estimate of drug-likeness (QED) is 0.887. The predicted molar refractivity (Wildman–Crippen MR) is 89.4 cm³/mol. The summed E-state index contributed by atoms with van der Waals surface area (Å²) in [7, 11) is 2.11. The maximum absolute atomic E-state index is 4.69. The topological polar surface area (TPSA) is 24.9 Å². The van der Waals surface area contributed by atoms with Gasteiger partial charge in [-0.05, 0) is 56.3 Å². The molecule has 112 valence electrons. The molecule has 1 saturated carbocycles. The summed E-state index contributed by atoms with van der Waals surface area (Å²) < 4.78 is 0. The molecular formula is C19H26N2. The van der Waals surface area contributed by atoms with E-state index in [1.165, 1.54) is 36.6 Å². The van der Waals surface area contributed by atoms with Crippen molar-refractivity contribution in [2.45, 2.75) is 45.6 Å². The first kappa shape index (κ1) is 14.5. The van der Waals surface area contributed by atoms with Gasteiger partial charge in [0.1, 0.15) is 0 Å². The fourth-order valence-corrected chi connectivity index (χ4v) is 4.03. The van der Waals surface area contributed by atoms with Gasteiger partial charge in [-0.15, -0.1) is 0 Å². The van der Waals surface area contributed by atoms with Crippen LogP contribution in [0.25, 0.3) is 10.9 Å². The molecule has 1 fully saturated rings. The number of pyridine rings is 1. The number of aryl methyl sites for hydroxylation is 1. The normalized spacial score (nSPS) is 24.1. The van der Waals surface area contributed by atoms with Crippen molar-refractivity contribution in [1.82, 2.24) is 10.3 Å². The second kappa shape index (κ2) is 6.15. The van der Waals surface area contributed by atoms with Gasteiger partial charge in [0.15, 0.2) is 0 Å². The molecule has 0 spiro atoms. The van der Waals surface area contributed by atoms with Crippen molar-refractivity contribution in [3.05, 3.63) is 41.6 Å². The molecule has 0 radical (unpaired) electrons. The molecule has 0 aliphatic heterocycles. The van der Waals surface area contributed by atoms with E-state index in [1.54, 1.807) is 0 Å². The Bertz CT molecular complexity index is 620. The highest BCUT2D eigenvalue weighted by Gasteiger charge is 2.28. The van der Waals surface area contributed by atoms with Gasteiger partial charge in [-0.2, -0.15) is 0 Å². The Kier molecular flexibility index (Phi) is 4.25. The highest BCUT2D eigenvalue weighted by Crippen LogP contribution is 2.38. The second-order valence-electron chi connectivity index (χ2n) is 6.67. The smallest absolute Gasteiger partial charge is 0.0708 e. The zero-order valence-corrected chi connectivity index (χ0v) is 13.4. The Morgan fingerprint density at radius 2 is 2.05 bits per heavy atom. The summed E-state index contributed by atoms with van der Waals surface area (Å²) in [4.78, 5) is 4.69. The number of hydrogen-bond donors (Lipinski definition) is 1. The van der Waals surface area contributed by atoms with Gasteiger partial charge in [0.2, 0.25) is 0 Å². The van der Waals surface area contributed by atoms with Crippen LogP contribution in [0.5, 0.6) is 0 Å². The summed E-state index contributed by atoms with van der Waals surface area (Å²) in [6.07, 6.45) is 5.43. The van der Waals surface area contributed by atoms with Gasteiger partial charge in [0.05, 0.1) is 5.52 Å². The molecule has 0 amide bonds. The van der Waals surface area contributed by atoms with Gasteiger partial charge >= 0.3 is 0 Å². The van der Waals surface area contributed by atoms with Crippen LogP contribution in [0.3, 0.4) is 0 Å². The molecule has 0 bridgehead atoms. The third kappa shape index (κ3) is 2.96. The first-order chi connectivity index (χ1) is 10.2. The molecule has 1 N–H and O–H groups in total. The molecule has 1 heterocycles. The van der Waals surface area contributed by atoms with Gasteiger partial charge in [0, 0.05) is 17.1 Å². The van der Waals surface area contributed by atoms with E-state index in [2.05, 4.69) is 61.5 Å². The van der Waals surface area contributed by atoms with Crippen LogP contribution >= 0.6 is 0 Å². The molecule has 2 aromatic rings. The van der Waals surface area contributed by atoms with Crippen LogP contribution in [-0.4, -0.2) is 12.0 Å². The number of rotatable bonds is 3. The molecule has 3 rings (SSSR count). The number of aromatic nitrogens is 1. The monoisotopic (exact) mass is 282 g/mol. The minimum atomic E-state index is 0.444. The number of para-hydroxylation sites is 1. The Hall–Kier alpha value is -1.41. The van der Waals surface area contributed by atoms with Gasteiger partial charge in [-0.1, -0.05) is 38.0 Å². The minimum Gasteiger partial charge on any atom is -0.313 e. The minimum absolute atomic E-state index is 0.444. The lowest BCUT2D eigenvalue weighted by Crippen LogP contribution is -2.29. The van der Waals surface area contributed by atoms with Crippen LogP contribution in [0, 0.1) is 18.8 Å². The van der Waals surface area contributed by atoms with Crippen molar-refractivity contribution in [1.29, 1.82) is 0 Å². The average molecular weight is 282 g/mol. The number of fused-ring (bicyclic) bond motifs is 1. The number of hydrogen-bond acceptors (Lipinski definition) is 2. The van der Waals surface area contributed by atoms with Crippen LogP contribution in [0.15, 0.2) is 30.3 Å². The van der Waals surface area contributed by atoms with E-state index in [4.69, 9.17) is 0 Å². The van der Waals surface area contributed by atoms with E-state index >= 15 is 0 Å². The van der Waals surface area contributed by atoms with Gasteiger partial charge in [-0.3, -0.25) is 4.98 Å². The molecule has 3 atom stereocenters. The molecule has 1 aliphatic rings. The zero-order valence-electron chi connectivity index (χ0n) is 13.4. The molecule has 3 unspecified atom stereocenters. The Balaban J connectivity index is 2.04. The van der Waals surface area contributed by atoms with Crippen molar-refractivity contribution in [2.24, 2.45) is 11.8 Å². The van der Waals surface area contributed by atoms with E-state index in [0.717, 1.165) is 23.0 Å². The Morgan fingerprint density at radius 3 is 2.81 bits per heavy atom. The summed E-state index contributed by atoms with van der Waals surface area (Å²) in [5, 5.41) is 4.91. The van der Waals surface area contributed by atoms with Crippen molar-refractivity contribution >= 4 is 10.9 Å². The highest BCUT2D eigenvalue weighted by molar-refractivity contribution is 5.82. The summed E-state index contributed by atoms with van der Waals surface area (Å²) >= 11 is 0. The van der Waals surface area contributed by atoms with Crippen LogP contribution in [0.4, 0.5) is 0 Å². The van der Waals surface area contributed by atoms with E-state index in [9.17, 15) is 0 Å². The fraction of sp³-hybridized carbons (Fsp3) is 0.526. The van der Waals surface area contributed by atoms with Gasteiger partial charge < -0.3 is 5.32 Å². The largest absolute Gasteiger partial charge is 0.313 e. The third-order valence-electron chi connectivity index (χ3n) is 4.97. The standard InChI is InChI=1S/C19H26N2/c1-13-7-6-8-15(11-13)19(20-3)17-12-14(2)21-18-10-5-4-9-16(17)18/h4-5,9-10,12-13,15,19-20H,6-8,11H2,1-3H3. The molecule has 0 saturated heterocycles. The van der Waals surface area contributed by atoms with Gasteiger partial charge in [-0.25, -0.2) is 0 Å². The lowest BCUT2D eigenvalue weighted by molar-refractivity contribution is 0.230. The summed E-state index contributed by atoms with van der Waals surface area (Å²) in [5.41, 5.74) is 3.67. The van der Waals surface area contributed by atoms with Crippen molar-refractivity contribution in [2.75, 3.05) is 7.05 Å². The van der Waals surface area contributed by atoms with Crippen LogP contribution in [0.1, 0.15) is 49.9 Å². The SMILES string of the molecule is CNC(c1cc(C)nc2ccccc12)C1CCCC(C)C1. The van der Waals surface area contributed by atoms with Crippen LogP contribution in [0.2, 0.25) is 0 Å². The van der Waals surface area contributed by atoms with E-state index in [1.807, 2.05) is 0 Å². The molecule has 1 aliphatic carbocycles. The first-order valence-corrected chi connectivity index (χ1v) is 8.22. The van der Waals surface area contributed by atoms with Crippen LogP contribution in [-0.2, 0) is 0 Å². The summed E-state index contributed by atoms with van der Waals surface area (Å²) in [6, 6.07) is 11.3. The third-order valence-corrected chi connectivity index (χ3v) is 4.97. The molecular weight excluding hydrogens is 256 g/mol. The Labute approximate surface area is 128 Å². The van der Waals surface area contributed by atoms with Gasteiger partial charge in [0.25, 0.3) is 0 Å². The van der Waals surface area contributed by atoms with E-state index in [0.29, 0.717) is 6.04 Å². The number of benzene rings is 1. The van der Waals surface area contributed by atoms with Crippen molar-refractivity contribution in [3.8, 4) is 0 Å². The first-order valence-electron chi connectivity index (χ1n) is 8.22. The number of nitrogens with zero attached hydrogens (tertiary/aromatic N) is 1. The molecule has 2 nitrogen and oxygen atoms in total. The lowest BCUT2D eigenvalue weighted by atomic mass is 9.76. The second-order valence-corrected chi connectivity index (χ2v) is 6.67. The average Bonchev–Trinajstić information content (AvgIpc) is 2.48. The summed E-state index contributed by atoms with van der Waals surface area (Å²) in [6.45, 7) is 4.50. The fourth-order valence-electron chi connectivity index (χ4n) is 4.03. The van der Waals surface area contributed by atoms with E-state index < -0.39 is 0 Å². The Morgan fingerprint density at radius 1 is 1.24 bits per heavy atom. The highest BCUT2D eigenvalue weighted by atomic mass is 14.9. The van der Waals surface area contributed by atoms with Crippen molar-refractivity contribution in [3.63, 3.8) is 0 Å². The number of nitrogens with one attached hydrogen (secondary N) is 1. The lowest BCUT2D eigenvalue weighted by Gasteiger charge is -2.34. The van der Waals surface area contributed by atoms with E-state index in [-0.39, 0.29) is 0 Å².